The number of nitrogens with two attached hydrogens (primary N) is 2. The van der Waals surface area contributed by atoms with Crippen LogP contribution in [0.2, 0.25) is 0 Å². The maximum atomic E-state index is 16.3. The molecule has 9 atom stereocenters. The number of carbonyl (C=O) groups excluding carboxylic acids is 4. The number of rotatable bonds is 13. The molecule has 3 aliphatic carbocycles. The van der Waals surface area contributed by atoms with Crippen LogP contribution in [0.4, 0.5) is 22.4 Å². The van der Waals surface area contributed by atoms with Gasteiger partial charge in [0.05, 0.1) is 35.4 Å². The molecular weight excluding hydrogens is 949 g/mol. The number of methoxy groups -OCH3 is 1. The van der Waals surface area contributed by atoms with Crippen LogP contribution in [0.5, 0.6) is 11.6 Å². The third-order valence-electron chi connectivity index (χ3n) is 14.1. The van der Waals surface area contributed by atoms with Crippen LogP contribution in [-0.2, 0) is 39.9 Å². The van der Waals surface area contributed by atoms with E-state index in [9.17, 15) is 41.2 Å². The Kier molecular flexibility index (Phi) is 16.2. The van der Waals surface area contributed by atoms with Gasteiger partial charge < -0.3 is 46.3 Å². The maximum Gasteiger partial charge on any atom is 0.408 e. The Morgan fingerprint density at radius 2 is 1.76 bits per heavy atom. The van der Waals surface area contributed by atoms with E-state index in [1.807, 2.05) is 4.72 Å². The summed E-state index contributed by atoms with van der Waals surface area (Å²) in [5.74, 6) is -10.8. The van der Waals surface area contributed by atoms with E-state index in [1.165, 1.54) is 26.2 Å². The molecule has 8 N–H and O–H groups in total. The molecule has 7 rings (SSSR count). The van der Waals surface area contributed by atoms with Crippen molar-refractivity contribution in [1.82, 2.24) is 30.2 Å². The molecule has 2 bridgehead atoms. The van der Waals surface area contributed by atoms with Crippen LogP contribution in [0.1, 0.15) is 117 Å². The number of halogens is 4. The number of aromatic nitrogens is 2. The molecule has 3 saturated carbocycles. The number of hydrogen-bond donors (Lipinski definition) is 6. The van der Waals surface area contributed by atoms with E-state index in [4.69, 9.17) is 30.8 Å². The van der Waals surface area contributed by atoms with Crippen molar-refractivity contribution in [2.24, 2.45) is 34.6 Å². The number of hydrogen-bond acceptors (Lipinski definition) is 14. The lowest BCUT2D eigenvalue weighted by atomic mass is 9.85. The molecule has 4 fully saturated rings. The van der Waals surface area contributed by atoms with Gasteiger partial charge in [-0.25, -0.2) is 32.0 Å². The highest BCUT2D eigenvalue weighted by atomic mass is 32.2. The van der Waals surface area contributed by atoms with E-state index in [0.29, 0.717) is 38.0 Å². The molecule has 0 spiro atoms. The maximum absolute atomic E-state index is 16.3. The van der Waals surface area contributed by atoms with Crippen LogP contribution >= 0.6 is 0 Å². The van der Waals surface area contributed by atoms with Gasteiger partial charge in [-0.2, -0.15) is 8.78 Å². The molecule has 70 heavy (non-hydrogen) atoms. The average molecular weight is 1020 g/mol. The van der Waals surface area contributed by atoms with Gasteiger partial charge in [0, 0.05) is 18.4 Å². The Morgan fingerprint density at radius 1 is 1.06 bits per heavy atom. The topological polar surface area (TPSA) is 285 Å². The third kappa shape index (κ3) is 12.0. The van der Waals surface area contributed by atoms with Gasteiger partial charge in [0.25, 0.3) is 11.8 Å². The zero-order chi connectivity index (χ0) is 51.7. The van der Waals surface area contributed by atoms with E-state index in [1.54, 1.807) is 33.8 Å². The van der Waals surface area contributed by atoms with Crippen LogP contribution < -0.4 is 36.3 Å². The summed E-state index contributed by atoms with van der Waals surface area (Å²) >= 11 is 0. The number of nitrogens with one attached hydrogen (secondary N) is 3. The van der Waals surface area contributed by atoms with Gasteiger partial charge in [-0.1, -0.05) is 40.5 Å². The second-order valence-corrected chi connectivity index (χ2v) is 22.6. The zero-order valence-corrected chi connectivity index (χ0v) is 41.1. The highest BCUT2D eigenvalue weighted by Gasteiger charge is 2.68. The van der Waals surface area contributed by atoms with Crippen LogP contribution in [0.3, 0.4) is 0 Å². The number of ether oxygens (including phenoxy) is 3. The molecule has 0 unspecified atom stereocenters. The first-order chi connectivity index (χ1) is 32.7. The molecule has 2 aromatic rings. The number of amides is 4. The number of nitrogens with zero attached hydrogens (tertiary/aromatic N) is 3. The monoisotopic (exact) mass is 1010 g/mol. The van der Waals surface area contributed by atoms with E-state index < -0.39 is 141 Å². The second-order valence-electron chi connectivity index (χ2n) is 20.4. The van der Waals surface area contributed by atoms with E-state index in [2.05, 4.69) is 20.6 Å². The van der Waals surface area contributed by atoms with Crippen LogP contribution in [0.15, 0.2) is 18.2 Å². The lowest BCUT2D eigenvalue weighted by Gasteiger charge is -2.36. The highest BCUT2D eigenvalue weighted by Crippen LogP contribution is 2.50. The molecule has 19 nitrogen and oxygen atoms in total. The number of benzene rings is 1. The van der Waals surface area contributed by atoms with Crippen molar-refractivity contribution >= 4 is 50.8 Å². The van der Waals surface area contributed by atoms with Crippen molar-refractivity contribution in [1.29, 1.82) is 0 Å². The number of carbonyl (C=O) groups is 5. The Labute approximate surface area is 404 Å². The molecule has 0 radical (unpaired) electrons. The summed E-state index contributed by atoms with van der Waals surface area (Å²) in [5.41, 5.74) is 6.59. The van der Waals surface area contributed by atoms with Crippen molar-refractivity contribution in [2.75, 3.05) is 20.2 Å². The minimum Gasteiger partial charge on any atom is -0.497 e. The predicted octanol–water partition coefficient (Wildman–Crippen LogP) is 4.48. The van der Waals surface area contributed by atoms with Gasteiger partial charge in [0.1, 0.15) is 41.6 Å². The van der Waals surface area contributed by atoms with Crippen molar-refractivity contribution < 1.29 is 69.3 Å². The van der Waals surface area contributed by atoms with Gasteiger partial charge in [-0.3, -0.25) is 23.9 Å². The van der Waals surface area contributed by atoms with Crippen LogP contribution in [0, 0.1) is 23.2 Å². The summed E-state index contributed by atoms with van der Waals surface area (Å²) in [6.07, 6.45) is -2.75. The highest BCUT2D eigenvalue weighted by molar-refractivity contribution is 7.91. The van der Waals surface area contributed by atoms with Crippen molar-refractivity contribution in [3.8, 4) is 11.6 Å². The fourth-order valence-electron chi connectivity index (χ4n) is 9.06. The van der Waals surface area contributed by atoms with Gasteiger partial charge >= 0.3 is 12.1 Å². The fraction of sp³-hybridized carbons (Fsp3) is 0.717. The lowest BCUT2D eigenvalue weighted by Crippen LogP contribution is -2.61. The largest absolute Gasteiger partial charge is 0.497 e. The van der Waals surface area contributed by atoms with Crippen molar-refractivity contribution in [2.45, 2.75) is 165 Å². The summed E-state index contributed by atoms with van der Waals surface area (Å²) in [6.45, 7) is 8.23. The Hall–Kier alpha value is -5.10. The molecule has 1 saturated heterocycles. The average Bonchev–Trinajstić information content (AvgIpc) is 4.24. The molecule has 1 aromatic carbocycles. The summed E-state index contributed by atoms with van der Waals surface area (Å²) in [5, 5.41) is 13.4. The summed E-state index contributed by atoms with van der Waals surface area (Å²) in [4.78, 5) is 76.5. The minimum absolute atomic E-state index is 0.0516. The standard InChI is InChI=1S/C40H52F4N6O9S.C6H14N2O2/c1-7-22-27-19-50(28(22)32(51)48-39(18-23(39)31(41)42)35(53)49-60(55,56)38(5)14-15-38)34(52)30(37(2,3)4)47-36(54)59-26-16-20(26)10-8-9-13-40(43,44)29-33(58-27)46-25-17-21(57-6)11-12-24(25)45-29;7-4-2-1-3-5(8)6(9)10/h11-12,17,20,22-23,26-28,30-31H,7-10,13-16,18-19H2,1-6H3,(H,47,54)(H,48,51)(H,49,53);5H,1-4,7-8H2,(H,9,10)/t20-,22-,23+,26-,27+,28+,30-,39-;5-/m10/s1. The summed E-state index contributed by atoms with van der Waals surface area (Å²) in [6, 6.07) is 0.870. The number of aliphatic carboxylic acids is 1. The predicted molar refractivity (Wildman–Crippen MR) is 245 cm³/mol. The summed E-state index contributed by atoms with van der Waals surface area (Å²) < 4.78 is 105. The number of unbranched alkanes of at least 4 members (excludes halogenated alkanes) is 1. The van der Waals surface area contributed by atoms with Gasteiger partial charge in [-0.15, -0.1) is 0 Å². The lowest BCUT2D eigenvalue weighted by molar-refractivity contribution is -0.144. The fourth-order valence-corrected chi connectivity index (χ4v) is 10.4. The van der Waals surface area contributed by atoms with E-state index >= 15 is 8.78 Å². The van der Waals surface area contributed by atoms with Crippen molar-refractivity contribution in [3.05, 3.63) is 23.9 Å². The summed E-state index contributed by atoms with van der Waals surface area (Å²) in [7, 11) is -2.89. The van der Waals surface area contributed by atoms with Gasteiger partial charge in [0.15, 0.2) is 5.69 Å². The van der Waals surface area contributed by atoms with E-state index in [-0.39, 0.29) is 42.6 Å². The smallest absolute Gasteiger partial charge is 0.408 e. The quantitative estimate of drug-likeness (QED) is 0.119. The first kappa shape index (κ1) is 54.2. The zero-order valence-electron chi connectivity index (χ0n) is 40.3. The number of carboxylic acid groups (broad SMARTS) is 1. The van der Waals surface area contributed by atoms with Crippen LogP contribution in [0.25, 0.3) is 11.0 Å². The third-order valence-corrected chi connectivity index (χ3v) is 16.2. The SMILES string of the molecule is CC[C@@H]1[C@@H]2CN(C(=O)[C@H](C(C)(C)C)NC(=O)O[C@@H]3C[C@H]3CCCCC(F)(F)c3nc4ccc(OC)cc4nc3O2)[C@@H]1C(=O)N[C@]1(C(=O)NS(=O)(=O)C2(C)CC2)C[C@H]1C(F)F.NCCCC[C@H](N)C(=O)O. The Bertz CT molecular complexity index is 2410. The molecule has 3 heterocycles. The van der Waals surface area contributed by atoms with Crippen molar-refractivity contribution in [3.63, 3.8) is 0 Å². The minimum atomic E-state index is -4.31. The van der Waals surface area contributed by atoms with Crippen LogP contribution in [-0.4, -0.2) is 125 Å². The van der Waals surface area contributed by atoms with Gasteiger partial charge in [-0.05, 0) is 94.7 Å². The number of carboxylic acids is 1. The molecule has 2 aliphatic heterocycles. The Balaban J connectivity index is 0.000000723. The number of fused-ring (bicyclic) bond motifs is 5. The number of alkyl carbamates (subject to hydrolysis) is 1. The second kappa shape index (κ2) is 20.9. The Morgan fingerprint density at radius 3 is 2.34 bits per heavy atom. The first-order valence-corrected chi connectivity index (χ1v) is 25.2. The molecule has 24 heteroatoms. The van der Waals surface area contributed by atoms with Gasteiger partial charge in [0.2, 0.25) is 34.1 Å². The molecular formula is C46H66F4N8O11S. The molecule has 4 amide bonds. The molecule has 5 aliphatic rings. The normalized spacial score (nSPS) is 28.7. The molecule has 1 aromatic heterocycles. The number of alkyl halides is 4. The number of sulfonamides is 1. The molecule has 390 valence electrons. The first-order valence-electron chi connectivity index (χ1n) is 23.8. The van der Waals surface area contributed by atoms with E-state index in [0.717, 1.165) is 17.7 Å².